The number of rotatable bonds is 4. The molecule has 2 rings (SSSR count). The number of anilines is 1. The van der Waals surface area contributed by atoms with Gasteiger partial charge >= 0.3 is 0 Å². The molecule has 17 heavy (non-hydrogen) atoms. The number of aromatic nitrogens is 1. The van der Waals surface area contributed by atoms with E-state index in [0.717, 1.165) is 22.4 Å². The Balaban J connectivity index is 1.84. The number of pyridine rings is 1. The van der Waals surface area contributed by atoms with E-state index < -0.39 is 0 Å². The number of nitrogens with zero attached hydrogens (tertiary/aromatic N) is 2. The van der Waals surface area contributed by atoms with Gasteiger partial charge in [-0.05, 0) is 46.6 Å². The molecule has 0 atom stereocenters. The van der Waals surface area contributed by atoms with E-state index in [-0.39, 0.29) is 0 Å². The van der Waals surface area contributed by atoms with Crippen molar-refractivity contribution in [3.05, 3.63) is 44.8 Å². The lowest BCUT2D eigenvalue weighted by Gasteiger charge is -2.04. The van der Waals surface area contributed by atoms with Gasteiger partial charge in [-0.3, -0.25) is 0 Å². The average Bonchev–Trinajstić information content (AvgIpc) is 2.76. The fourth-order valence-corrected chi connectivity index (χ4v) is 2.86. The second-order valence-corrected chi connectivity index (χ2v) is 5.97. The Morgan fingerprint density at radius 2 is 2.24 bits per heavy atom. The van der Waals surface area contributed by atoms with Gasteiger partial charge in [0.25, 0.3) is 0 Å². The third-order valence-corrected chi connectivity index (χ3v) is 3.89. The topological polar surface area (TPSA) is 48.7 Å². The Labute approximate surface area is 112 Å². The standard InChI is InChI=1S/C12H10BrN3S/c13-12-4-3-11(17-12)5-6-15-10-2-1-9(7-14)16-8-10/h1-4,8,15H,5-6H2. The van der Waals surface area contributed by atoms with Crippen molar-refractivity contribution in [1.82, 2.24) is 4.98 Å². The van der Waals surface area contributed by atoms with Crippen LogP contribution >= 0.6 is 27.3 Å². The highest BCUT2D eigenvalue weighted by molar-refractivity contribution is 9.11. The third kappa shape index (κ3) is 3.55. The zero-order chi connectivity index (χ0) is 12.1. The van der Waals surface area contributed by atoms with Gasteiger partial charge in [0.05, 0.1) is 15.7 Å². The summed E-state index contributed by atoms with van der Waals surface area (Å²) in [6, 6.07) is 9.76. The van der Waals surface area contributed by atoms with Gasteiger partial charge in [0.15, 0.2) is 0 Å². The minimum atomic E-state index is 0.442. The summed E-state index contributed by atoms with van der Waals surface area (Å²) in [4.78, 5) is 5.34. The number of halogens is 1. The average molecular weight is 308 g/mol. The molecule has 0 aliphatic heterocycles. The second-order valence-electron chi connectivity index (χ2n) is 3.43. The summed E-state index contributed by atoms with van der Waals surface area (Å²) in [6.45, 7) is 0.862. The number of nitriles is 1. The molecule has 2 aromatic rings. The highest BCUT2D eigenvalue weighted by Gasteiger charge is 1.98. The summed E-state index contributed by atoms with van der Waals surface area (Å²) < 4.78 is 1.16. The molecule has 0 spiro atoms. The van der Waals surface area contributed by atoms with E-state index in [4.69, 9.17) is 5.26 Å². The Bertz CT molecular complexity index is 527. The van der Waals surface area contributed by atoms with Crippen LogP contribution in [-0.4, -0.2) is 11.5 Å². The van der Waals surface area contributed by atoms with E-state index in [0.29, 0.717) is 5.69 Å². The lowest BCUT2D eigenvalue weighted by Crippen LogP contribution is -2.04. The quantitative estimate of drug-likeness (QED) is 0.941. The summed E-state index contributed by atoms with van der Waals surface area (Å²) in [5.41, 5.74) is 1.39. The van der Waals surface area contributed by atoms with Gasteiger partial charge in [0.2, 0.25) is 0 Å². The zero-order valence-corrected chi connectivity index (χ0v) is 11.4. The molecule has 2 heterocycles. The highest BCUT2D eigenvalue weighted by atomic mass is 79.9. The molecule has 0 saturated carbocycles. The monoisotopic (exact) mass is 307 g/mol. The highest BCUT2D eigenvalue weighted by Crippen LogP contribution is 2.22. The van der Waals surface area contributed by atoms with Gasteiger partial charge in [0.1, 0.15) is 11.8 Å². The zero-order valence-electron chi connectivity index (χ0n) is 8.98. The molecule has 5 heteroatoms. The van der Waals surface area contributed by atoms with Crippen LogP contribution < -0.4 is 5.32 Å². The summed E-state index contributed by atoms with van der Waals surface area (Å²) in [5.74, 6) is 0. The molecule has 0 aliphatic carbocycles. The first-order valence-corrected chi connectivity index (χ1v) is 6.73. The first-order chi connectivity index (χ1) is 8.28. The molecule has 0 fully saturated rings. The van der Waals surface area contributed by atoms with Crippen molar-refractivity contribution in [2.45, 2.75) is 6.42 Å². The van der Waals surface area contributed by atoms with Gasteiger partial charge in [-0.15, -0.1) is 11.3 Å². The van der Waals surface area contributed by atoms with E-state index in [1.807, 2.05) is 12.1 Å². The number of hydrogen-bond donors (Lipinski definition) is 1. The van der Waals surface area contributed by atoms with Crippen LogP contribution in [0.4, 0.5) is 5.69 Å². The lowest BCUT2D eigenvalue weighted by molar-refractivity contribution is 1.04. The van der Waals surface area contributed by atoms with Crippen LogP contribution in [0.1, 0.15) is 10.6 Å². The van der Waals surface area contributed by atoms with Crippen LogP contribution in [0.5, 0.6) is 0 Å². The first-order valence-electron chi connectivity index (χ1n) is 5.12. The molecular weight excluding hydrogens is 298 g/mol. The van der Waals surface area contributed by atoms with Gasteiger partial charge in [0, 0.05) is 11.4 Å². The van der Waals surface area contributed by atoms with Crippen molar-refractivity contribution < 1.29 is 0 Å². The van der Waals surface area contributed by atoms with Crippen LogP contribution in [-0.2, 0) is 6.42 Å². The predicted octanol–water partition coefficient (Wildman–Crippen LogP) is 3.43. The van der Waals surface area contributed by atoms with Gasteiger partial charge < -0.3 is 5.32 Å². The Kier molecular flexibility index (Phi) is 4.13. The number of hydrogen-bond acceptors (Lipinski definition) is 4. The van der Waals surface area contributed by atoms with E-state index in [1.165, 1.54) is 4.88 Å². The van der Waals surface area contributed by atoms with E-state index in [1.54, 1.807) is 23.6 Å². The maximum absolute atomic E-state index is 8.62. The molecule has 0 aliphatic rings. The predicted molar refractivity (Wildman–Crippen MR) is 73.2 cm³/mol. The minimum absolute atomic E-state index is 0.442. The summed E-state index contributed by atoms with van der Waals surface area (Å²) in [5, 5.41) is 11.9. The lowest BCUT2D eigenvalue weighted by atomic mass is 10.3. The molecule has 0 unspecified atom stereocenters. The number of nitrogens with one attached hydrogen (secondary N) is 1. The summed E-state index contributed by atoms with van der Waals surface area (Å²) in [7, 11) is 0. The first kappa shape index (κ1) is 12.1. The van der Waals surface area contributed by atoms with E-state index in [9.17, 15) is 0 Å². The van der Waals surface area contributed by atoms with E-state index in [2.05, 4.69) is 38.4 Å². The minimum Gasteiger partial charge on any atom is -0.383 e. The maximum atomic E-state index is 8.62. The molecule has 0 amide bonds. The van der Waals surface area contributed by atoms with Crippen LogP contribution in [0, 0.1) is 11.3 Å². The third-order valence-electron chi connectivity index (χ3n) is 2.21. The van der Waals surface area contributed by atoms with Crippen molar-refractivity contribution in [1.29, 1.82) is 5.26 Å². The van der Waals surface area contributed by atoms with Crippen LogP contribution in [0.15, 0.2) is 34.2 Å². The molecule has 2 aromatic heterocycles. The summed E-state index contributed by atoms with van der Waals surface area (Å²) in [6.07, 6.45) is 2.67. The smallest absolute Gasteiger partial charge is 0.140 e. The molecular formula is C12H10BrN3S. The molecule has 0 saturated heterocycles. The Morgan fingerprint density at radius 1 is 1.35 bits per heavy atom. The van der Waals surface area contributed by atoms with Crippen molar-refractivity contribution in [3.63, 3.8) is 0 Å². The van der Waals surface area contributed by atoms with Crippen LogP contribution in [0.2, 0.25) is 0 Å². The van der Waals surface area contributed by atoms with Crippen molar-refractivity contribution in [2.75, 3.05) is 11.9 Å². The largest absolute Gasteiger partial charge is 0.383 e. The van der Waals surface area contributed by atoms with Crippen LogP contribution in [0.25, 0.3) is 0 Å². The van der Waals surface area contributed by atoms with Crippen LogP contribution in [0.3, 0.4) is 0 Å². The molecule has 0 aromatic carbocycles. The molecule has 1 N–H and O–H groups in total. The molecule has 0 bridgehead atoms. The Hall–Kier alpha value is -1.38. The summed E-state index contributed by atoms with van der Waals surface area (Å²) >= 11 is 5.19. The van der Waals surface area contributed by atoms with Gasteiger partial charge in [-0.25, -0.2) is 4.98 Å². The maximum Gasteiger partial charge on any atom is 0.140 e. The van der Waals surface area contributed by atoms with Gasteiger partial charge in [-0.2, -0.15) is 5.26 Å². The van der Waals surface area contributed by atoms with Crippen molar-refractivity contribution in [3.8, 4) is 6.07 Å². The fourth-order valence-electron chi connectivity index (χ4n) is 1.38. The Morgan fingerprint density at radius 3 is 2.82 bits per heavy atom. The second kappa shape index (κ2) is 5.80. The fraction of sp³-hybridized carbons (Fsp3) is 0.167. The molecule has 86 valence electrons. The van der Waals surface area contributed by atoms with E-state index >= 15 is 0 Å². The van der Waals surface area contributed by atoms with Gasteiger partial charge in [-0.1, -0.05) is 0 Å². The van der Waals surface area contributed by atoms with Crippen molar-refractivity contribution in [2.24, 2.45) is 0 Å². The van der Waals surface area contributed by atoms with Crippen molar-refractivity contribution >= 4 is 33.0 Å². The molecule has 3 nitrogen and oxygen atoms in total. The SMILES string of the molecule is N#Cc1ccc(NCCc2ccc(Br)s2)cn1. The normalized spacial score (nSPS) is 9.88. The number of thiophene rings is 1. The molecule has 0 radical (unpaired) electrons.